The van der Waals surface area contributed by atoms with Crippen LogP contribution in [0.3, 0.4) is 0 Å². The van der Waals surface area contributed by atoms with Crippen LogP contribution in [0.1, 0.15) is 44.6 Å². The number of allylic oxidation sites excluding steroid dienone is 3. The summed E-state index contributed by atoms with van der Waals surface area (Å²) in [4.78, 5) is 0. The van der Waals surface area contributed by atoms with E-state index in [1.54, 1.807) is 0 Å². The van der Waals surface area contributed by atoms with Crippen LogP contribution in [0.4, 0.5) is 5.58 Å². The molecule has 0 saturated carbocycles. The van der Waals surface area contributed by atoms with Gasteiger partial charge in [0.15, 0.2) is 0 Å². The standard InChI is InChI=1S/C16H24BN2P/c1-11(2)12-8-9-13(17-15(12)18)16(3,4)14-7-5-6-10-20(14)19/h5-11,20H,18-19H2,1-4H3. The van der Waals surface area contributed by atoms with Crippen molar-refractivity contribution in [2.45, 2.75) is 39.0 Å². The SMILES string of the molecule is CC(C)c1ccc(C(C)(C)C2=[PH](N)C=CC=C2)bc1N. The Labute approximate surface area is 123 Å². The van der Waals surface area contributed by atoms with E-state index in [1.807, 2.05) is 6.08 Å². The Bertz CT molecular complexity index is 613. The molecule has 1 aliphatic rings. The number of anilines is 1. The van der Waals surface area contributed by atoms with Gasteiger partial charge in [0.05, 0.1) is 0 Å². The van der Waals surface area contributed by atoms with Crippen molar-refractivity contribution in [2.75, 3.05) is 5.73 Å². The van der Waals surface area contributed by atoms with Crippen LogP contribution in [0.5, 0.6) is 0 Å². The van der Waals surface area contributed by atoms with Gasteiger partial charge in [0.25, 0.3) is 0 Å². The molecule has 0 amide bonds. The normalized spacial score (nSPS) is 18.7. The molecule has 0 aromatic carbocycles. The zero-order chi connectivity index (χ0) is 14.9. The molecule has 1 aromatic rings. The van der Waals surface area contributed by atoms with Gasteiger partial charge in [-0.2, -0.15) is 0 Å². The Hall–Kier alpha value is -1.05. The Balaban J connectivity index is 2.48. The van der Waals surface area contributed by atoms with Gasteiger partial charge in [0.1, 0.15) is 0 Å². The van der Waals surface area contributed by atoms with Gasteiger partial charge in [-0.3, -0.25) is 0 Å². The Morgan fingerprint density at radius 2 is 1.90 bits per heavy atom. The van der Waals surface area contributed by atoms with Crippen molar-refractivity contribution in [1.29, 1.82) is 0 Å². The third-order valence-corrected chi connectivity index (χ3v) is 6.03. The van der Waals surface area contributed by atoms with Crippen LogP contribution in [0.25, 0.3) is 0 Å². The Morgan fingerprint density at radius 3 is 2.45 bits per heavy atom. The molecule has 0 saturated heterocycles. The molecule has 2 rings (SSSR count). The topological polar surface area (TPSA) is 52.0 Å². The predicted octanol–water partition coefficient (Wildman–Crippen LogP) is 3.35. The maximum absolute atomic E-state index is 6.31. The molecule has 0 spiro atoms. The average molecular weight is 286 g/mol. The molecule has 0 radical (unpaired) electrons. The molecular formula is C16H24BN2P. The van der Waals surface area contributed by atoms with Crippen molar-refractivity contribution in [3.63, 3.8) is 0 Å². The molecule has 4 heteroatoms. The summed E-state index contributed by atoms with van der Waals surface area (Å²) in [6.45, 7) is 10.9. The van der Waals surface area contributed by atoms with Gasteiger partial charge in [-0.25, -0.2) is 0 Å². The van der Waals surface area contributed by atoms with E-state index in [4.69, 9.17) is 11.2 Å². The molecule has 1 aromatic heterocycles. The summed E-state index contributed by atoms with van der Waals surface area (Å²) in [6, 6.07) is 4.35. The van der Waals surface area contributed by atoms with Crippen LogP contribution in [0.2, 0.25) is 0 Å². The summed E-state index contributed by atoms with van der Waals surface area (Å²) in [5, 5.41) is 1.32. The van der Waals surface area contributed by atoms with Crippen LogP contribution < -0.4 is 11.2 Å². The second-order valence-electron chi connectivity index (χ2n) is 6.21. The van der Waals surface area contributed by atoms with E-state index >= 15 is 0 Å². The third kappa shape index (κ3) is 2.84. The fourth-order valence-electron chi connectivity index (χ4n) is 2.71. The average Bonchev–Trinajstić information content (AvgIpc) is 2.38. The number of nitrogen functional groups attached to an aromatic ring is 1. The van der Waals surface area contributed by atoms with E-state index in [2.05, 4.69) is 64.7 Å². The molecule has 20 heavy (non-hydrogen) atoms. The summed E-state index contributed by atoms with van der Waals surface area (Å²) in [7, 11) is -1.07. The quantitative estimate of drug-likeness (QED) is 0.837. The number of hydrogen-bond donors (Lipinski definition) is 2. The van der Waals surface area contributed by atoms with Gasteiger partial charge < -0.3 is 0 Å². The van der Waals surface area contributed by atoms with E-state index in [-0.39, 0.29) is 5.41 Å². The summed E-state index contributed by atoms with van der Waals surface area (Å²) >= 11 is 0. The molecule has 2 heterocycles. The van der Waals surface area contributed by atoms with E-state index in [0.717, 1.165) is 5.58 Å². The minimum absolute atomic E-state index is 0.0755. The second-order valence-corrected chi connectivity index (χ2v) is 7.99. The van der Waals surface area contributed by atoms with Crippen molar-refractivity contribution < 1.29 is 0 Å². The molecule has 1 unspecified atom stereocenters. The monoisotopic (exact) mass is 286 g/mol. The zero-order valence-corrected chi connectivity index (χ0v) is 13.8. The molecular weight excluding hydrogens is 262 g/mol. The molecule has 4 N–H and O–H groups in total. The predicted molar refractivity (Wildman–Crippen MR) is 95.1 cm³/mol. The van der Waals surface area contributed by atoms with Gasteiger partial charge in [0.2, 0.25) is 0 Å². The molecule has 1 aliphatic heterocycles. The first-order valence-corrected chi connectivity index (χ1v) is 8.74. The number of hydrogen-bond acceptors (Lipinski definition) is 2. The van der Waals surface area contributed by atoms with E-state index < -0.39 is 7.70 Å². The first-order chi connectivity index (χ1) is 9.34. The fourth-order valence-corrected chi connectivity index (χ4v) is 4.36. The Morgan fingerprint density at radius 1 is 1.20 bits per heavy atom. The van der Waals surface area contributed by atoms with Crippen LogP contribution >= 0.6 is 7.70 Å². The van der Waals surface area contributed by atoms with Gasteiger partial charge in [0, 0.05) is 0 Å². The van der Waals surface area contributed by atoms with Crippen LogP contribution in [-0.2, 0) is 5.41 Å². The van der Waals surface area contributed by atoms with Crippen molar-refractivity contribution >= 4 is 25.5 Å². The van der Waals surface area contributed by atoms with E-state index in [9.17, 15) is 0 Å². The summed E-state index contributed by atoms with van der Waals surface area (Å²) < 4.78 is 0. The maximum atomic E-state index is 6.31. The minimum atomic E-state index is -1.07. The van der Waals surface area contributed by atoms with Crippen molar-refractivity contribution in [3.8, 4) is 0 Å². The molecule has 2 nitrogen and oxygen atoms in total. The van der Waals surface area contributed by atoms with Crippen LogP contribution in [0.15, 0.2) is 36.2 Å². The van der Waals surface area contributed by atoms with Gasteiger partial charge >= 0.3 is 123 Å². The fraction of sp³-hybridized carbons (Fsp3) is 0.375. The molecule has 0 bridgehead atoms. The van der Waals surface area contributed by atoms with Crippen molar-refractivity contribution in [3.05, 3.63) is 47.2 Å². The van der Waals surface area contributed by atoms with Gasteiger partial charge in [-0.1, -0.05) is 0 Å². The summed E-state index contributed by atoms with van der Waals surface area (Å²) in [6.07, 6.45) is 6.29. The molecule has 106 valence electrons. The van der Waals surface area contributed by atoms with E-state index in [0.29, 0.717) is 5.92 Å². The molecule has 0 fully saturated rings. The zero-order valence-electron chi connectivity index (χ0n) is 12.8. The summed E-state index contributed by atoms with van der Waals surface area (Å²) in [5.41, 5.74) is 15.8. The Kier molecular flexibility index (Phi) is 4.41. The third-order valence-electron chi connectivity index (χ3n) is 4.06. The first-order valence-electron chi connectivity index (χ1n) is 7.09. The number of rotatable bonds is 3. The van der Waals surface area contributed by atoms with Gasteiger partial charge in [-0.05, 0) is 0 Å². The van der Waals surface area contributed by atoms with E-state index in [1.165, 1.54) is 16.3 Å². The first kappa shape index (κ1) is 15.3. The van der Waals surface area contributed by atoms with Crippen molar-refractivity contribution in [2.24, 2.45) is 5.50 Å². The molecule has 0 aliphatic carbocycles. The number of nitrogens with two attached hydrogens (primary N) is 2. The summed E-state index contributed by atoms with van der Waals surface area (Å²) in [5.74, 6) is 2.58. The van der Waals surface area contributed by atoms with Gasteiger partial charge in [-0.15, -0.1) is 0 Å². The van der Waals surface area contributed by atoms with Crippen LogP contribution in [0, 0.1) is 0 Å². The van der Waals surface area contributed by atoms with Crippen LogP contribution in [-0.4, -0.2) is 12.2 Å². The van der Waals surface area contributed by atoms with Crippen molar-refractivity contribution in [1.82, 2.24) is 0 Å². The second kappa shape index (κ2) is 5.75. The molecule has 1 atom stereocenters.